The minimum absolute atomic E-state index is 0.283. The summed E-state index contributed by atoms with van der Waals surface area (Å²) in [6, 6.07) is 1.96. The summed E-state index contributed by atoms with van der Waals surface area (Å²) in [4.78, 5) is 27.2. The van der Waals surface area contributed by atoms with Crippen LogP contribution in [0.3, 0.4) is 0 Å². The molecule has 7 heteroatoms. The first-order chi connectivity index (χ1) is 10.8. The van der Waals surface area contributed by atoms with Crippen molar-refractivity contribution in [3.63, 3.8) is 0 Å². The molecule has 2 fully saturated rings. The average molecular weight is 304 g/mol. The fourth-order valence-corrected chi connectivity index (χ4v) is 3.05. The molecule has 1 aromatic rings. The van der Waals surface area contributed by atoms with Gasteiger partial charge in [-0.3, -0.25) is 9.69 Å². The Morgan fingerprint density at radius 3 is 2.55 bits per heavy atom. The van der Waals surface area contributed by atoms with Gasteiger partial charge in [0.2, 0.25) is 5.91 Å². The van der Waals surface area contributed by atoms with E-state index in [-0.39, 0.29) is 5.91 Å². The molecule has 2 aliphatic rings. The third-order valence-corrected chi connectivity index (χ3v) is 4.42. The van der Waals surface area contributed by atoms with E-state index < -0.39 is 0 Å². The van der Waals surface area contributed by atoms with Gasteiger partial charge in [-0.05, 0) is 12.8 Å². The zero-order chi connectivity index (χ0) is 15.4. The largest absolute Gasteiger partial charge is 0.373 e. The van der Waals surface area contributed by atoms with E-state index in [9.17, 15) is 4.79 Å². The van der Waals surface area contributed by atoms with Crippen LogP contribution in [0.1, 0.15) is 12.8 Å². The molecule has 2 saturated heterocycles. The van der Waals surface area contributed by atoms with Crippen LogP contribution >= 0.6 is 0 Å². The maximum atomic E-state index is 12.2. The molecule has 0 spiro atoms. The predicted molar refractivity (Wildman–Crippen MR) is 86.0 cm³/mol. The number of hydrogen-bond acceptors (Lipinski definition) is 6. The number of nitrogens with zero attached hydrogens (tertiary/aromatic N) is 5. The van der Waals surface area contributed by atoms with Gasteiger partial charge in [0.1, 0.15) is 18.0 Å². The molecule has 1 aromatic heterocycles. The molecule has 3 heterocycles. The number of likely N-dealkylation sites (tertiary alicyclic amines) is 1. The van der Waals surface area contributed by atoms with Gasteiger partial charge in [-0.15, -0.1) is 0 Å². The number of nitrogens with one attached hydrogen (secondary N) is 1. The Balaban J connectivity index is 1.50. The van der Waals surface area contributed by atoms with Crippen LogP contribution in [0.5, 0.6) is 0 Å². The van der Waals surface area contributed by atoms with E-state index in [0.29, 0.717) is 6.54 Å². The minimum Gasteiger partial charge on any atom is -0.373 e. The van der Waals surface area contributed by atoms with Crippen molar-refractivity contribution in [3.8, 4) is 0 Å². The van der Waals surface area contributed by atoms with Crippen LogP contribution in [0.2, 0.25) is 0 Å². The van der Waals surface area contributed by atoms with Gasteiger partial charge in [0.25, 0.3) is 0 Å². The Bertz CT molecular complexity index is 509. The van der Waals surface area contributed by atoms with E-state index in [0.717, 1.165) is 63.7 Å². The summed E-state index contributed by atoms with van der Waals surface area (Å²) in [6.45, 7) is 6.02. The van der Waals surface area contributed by atoms with Gasteiger partial charge in [0.05, 0.1) is 6.54 Å². The monoisotopic (exact) mass is 304 g/mol. The minimum atomic E-state index is 0.283. The van der Waals surface area contributed by atoms with Gasteiger partial charge in [-0.1, -0.05) is 0 Å². The highest BCUT2D eigenvalue weighted by Gasteiger charge is 2.23. The van der Waals surface area contributed by atoms with E-state index in [2.05, 4.69) is 25.1 Å². The molecule has 22 heavy (non-hydrogen) atoms. The van der Waals surface area contributed by atoms with Gasteiger partial charge in [0, 0.05) is 52.4 Å². The molecule has 7 nitrogen and oxygen atoms in total. The third-order valence-electron chi connectivity index (χ3n) is 4.42. The first-order valence-corrected chi connectivity index (χ1v) is 8.01. The second kappa shape index (κ2) is 6.91. The maximum Gasteiger partial charge on any atom is 0.236 e. The van der Waals surface area contributed by atoms with Crippen molar-refractivity contribution in [3.05, 3.63) is 12.4 Å². The van der Waals surface area contributed by atoms with E-state index in [1.165, 1.54) is 0 Å². The summed E-state index contributed by atoms with van der Waals surface area (Å²) in [5.41, 5.74) is 0. The average Bonchev–Trinajstić information content (AvgIpc) is 3.10. The normalized spacial score (nSPS) is 19.5. The Labute approximate surface area is 131 Å². The second-order valence-electron chi connectivity index (χ2n) is 5.86. The zero-order valence-electron chi connectivity index (χ0n) is 13.2. The fraction of sp³-hybridized carbons (Fsp3) is 0.667. The van der Waals surface area contributed by atoms with Gasteiger partial charge < -0.3 is 15.1 Å². The number of amides is 1. The molecule has 1 N–H and O–H groups in total. The van der Waals surface area contributed by atoms with Crippen LogP contribution in [0.15, 0.2) is 12.4 Å². The van der Waals surface area contributed by atoms with Crippen molar-refractivity contribution in [2.24, 2.45) is 0 Å². The molecule has 0 aromatic carbocycles. The number of carbonyl (C=O) groups is 1. The fourth-order valence-electron chi connectivity index (χ4n) is 3.05. The van der Waals surface area contributed by atoms with Crippen LogP contribution < -0.4 is 10.2 Å². The summed E-state index contributed by atoms with van der Waals surface area (Å²) >= 11 is 0. The molecule has 0 atom stereocenters. The number of carbonyl (C=O) groups excluding carboxylic acids is 1. The lowest BCUT2D eigenvalue weighted by molar-refractivity contribution is -0.131. The molecule has 0 radical (unpaired) electrons. The number of anilines is 2. The highest BCUT2D eigenvalue weighted by Crippen LogP contribution is 2.16. The molecular formula is C15H24N6O. The second-order valence-corrected chi connectivity index (χ2v) is 5.86. The molecule has 2 aliphatic heterocycles. The lowest BCUT2D eigenvalue weighted by Crippen LogP contribution is -2.50. The highest BCUT2D eigenvalue weighted by molar-refractivity contribution is 5.78. The van der Waals surface area contributed by atoms with Gasteiger partial charge in [-0.25, -0.2) is 9.97 Å². The standard InChI is InChI=1S/C15H24N6O/c1-16-13-10-14(18-12-17-13)20-8-6-19(7-9-20)11-15(22)21-4-2-3-5-21/h10,12H,2-9,11H2,1H3,(H,16,17,18). The molecule has 120 valence electrons. The number of hydrogen-bond donors (Lipinski definition) is 1. The van der Waals surface area contributed by atoms with E-state index in [1.807, 2.05) is 18.0 Å². The molecule has 0 saturated carbocycles. The van der Waals surface area contributed by atoms with Crippen LogP contribution in [-0.4, -0.2) is 78.5 Å². The third kappa shape index (κ3) is 3.47. The van der Waals surface area contributed by atoms with E-state index >= 15 is 0 Å². The predicted octanol–water partition coefficient (Wildman–Crippen LogP) is 0.263. The first kappa shape index (κ1) is 15.0. The van der Waals surface area contributed by atoms with Crippen LogP contribution in [0, 0.1) is 0 Å². The Hall–Kier alpha value is -1.89. The molecule has 3 rings (SSSR count). The van der Waals surface area contributed by atoms with Crippen molar-refractivity contribution in [1.82, 2.24) is 19.8 Å². The SMILES string of the molecule is CNc1cc(N2CCN(CC(=O)N3CCCC3)CC2)ncn1. The van der Waals surface area contributed by atoms with Crippen molar-refractivity contribution < 1.29 is 4.79 Å². The Morgan fingerprint density at radius 2 is 1.86 bits per heavy atom. The Morgan fingerprint density at radius 1 is 1.14 bits per heavy atom. The maximum absolute atomic E-state index is 12.2. The van der Waals surface area contributed by atoms with Crippen LogP contribution in [0.4, 0.5) is 11.6 Å². The highest BCUT2D eigenvalue weighted by atomic mass is 16.2. The van der Waals surface area contributed by atoms with Crippen molar-refractivity contribution in [2.45, 2.75) is 12.8 Å². The van der Waals surface area contributed by atoms with Crippen molar-refractivity contribution in [1.29, 1.82) is 0 Å². The molecule has 0 aliphatic carbocycles. The van der Waals surface area contributed by atoms with Crippen LogP contribution in [0.25, 0.3) is 0 Å². The lowest BCUT2D eigenvalue weighted by atomic mass is 10.3. The zero-order valence-corrected chi connectivity index (χ0v) is 13.2. The number of piperazine rings is 1. The lowest BCUT2D eigenvalue weighted by Gasteiger charge is -2.35. The van der Waals surface area contributed by atoms with Crippen molar-refractivity contribution >= 4 is 17.5 Å². The van der Waals surface area contributed by atoms with Gasteiger partial charge in [-0.2, -0.15) is 0 Å². The van der Waals surface area contributed by atoms with Gasteiger partial charge >= 0.3 is 0 Å². The number of aromatic nitrogens is 2. The summed E-state index contributed by atoms with van der Waals surface area (Å²) < 4.78 is 0. The number of rotatable bonds is 4. The summed E-state index contributed by atoms with van der Waals surface area (Å²) in [5, 5.41) is 3.03. The Kier molecular flexibility index (Phi) is 4.72. The molecule has 0 bridgehead atoms. The topological polar surface area (TPSA) is 64.6 Å². The van der Waals surface area contributed by atoms with Crippen LogP contribution in [-0.2, 0) is 4.79 Å². The molecule has 0 unspecified atom stereocenters. The summed E-state index contributed by atoms with van der Waals surface area (Å²) in [5.74, 6) is 2.06. The van der Waals surface area contributed by atoms with Crippen molar-refractivity contribution in [2.75, 3.05) is 63.1 Å². The quantitative estimate of drug-likeness (QED) is 0.861. The van der Waals surface area contributed by atoms with E-state index in [1.54, 1.807) is 6.33 Å². The smallest absolute Gasteiger partial charge is 0.236 e. The van der Waals surface area contributed by atoms with E-state index in [4.69, 9.17) is 0 Å². The van der Waals surface area contributed by atoms with Gasteiger partial charge in [0.15, 0.2) is 0 Å². The first-order valence-electron chi connectivity index (χ1n) is 8.01. The summed E-state index contributed by atoms with van der Waals surface area (Å²) in [6.07, 6.45) is 3.90. The summed E-state index contributed by atoms with van der Waals surface area (Å²) in [7, 11) is 1.86. The molecular weight excluding hydrogens is 280 g/mol. The molecule has 1 amide bonds.